The average Bonchev–Trinajstić information content (AvgIpc) is 2.50. The highest BCUT2D eigenvalue weighted by molar-refractivity contribution is 6.31. The Labute approximate surface area is 151 Å². The monoisotopic (exact) mass is 358 g/mol. The largest absolute Gasteiger partial charge is 0.490 e. The highest BCUT2D eigenvalue weighted by Crippen LogP contribution is 2.32. The molecule has 0 aliphatic heterocycles. The van der Waals surface area contributed by atoms with Gasteiger partial charge in [-0.15, -0.1) is 0 Å². The van der Waals surface area contributed by atoms with Crippen LogP contribution in [0.2, 0.25) is 5.02 Å². The molecule has 4 nitrogen and oxygen atoms in total. The van der Waals surface area contributed by atoms with Crippen molar-refractivity contribution in [3.8, 4) is 5.75 Å². The maximum Gasteiger partial charge on any atom is 0.137 e. The van der Waals surface area contributed by atoms with E-state index in [4.69, 9.17) is 21.1 Å². The maximum atomic E-state index is 10.1. The Morgan fingerprint density at radius 3 is 2.54 bits per heavy atom. The highest BCUT2D eigenvalue weighted by Gasteiger charge is 2.13. The predicted molar refractivity (Wildman–Crippen MR) is 99.1 cm³/mol. The number of aliphatic hydroxyl groups is 1. The van der Waals surface area contributed by atoms with Gasteiger partial charge >= 0.3 is 0 Å². The average molecular weight is 359 g/mol. The van der Waals surface area contributed by atoms with Crippen molar-refractivity contribution in [2.45, 2.75) is 59.2 Å². The third kappa shape index (κ3) is 7.84. The van der Waals surface area contributed by atoms with Crippen LogP contribution in [-0.2, 0) is 4.74 Å². The lowest BCUT2D eigenvalue weighted by atomic mass is 10.0. The fourth-order valence-corrected chi connectivity index (χ4v) is 2.53. The van der Waals surface area contributed by atoms with Gasteiger partial charge in [0.05, 0.1) is 19.3 Å². The number of quaternary nitrogens is 1. The number of halogens is 1. The van der Waals surface area contributed by atoms with E-state index in [2.05, 4.69) is 19.2 Å². The van der Waals surface area contributed by atoms with Gasteiger partial charge in [0, 0.05) is 11.4 Å². The van der Waals surface area contributed by atoms with Gasteiger partial charge in [-0.2, -0.15) is 0 Å². The molecule has 0 saturated heterocycles. The number of hydrogen-bond donors (Lipinski definition) is 2. The second-order valence-electron chi connectivity index (χ2n) is 6.84. The molecule has 24 heavy (non-hydrogen) atoms. The summed E-state index contributed by atoms with van der Waals surface area (Å²) in [5.41, 5.74) is 2.06. The number of rotatable bonds is 11. The van der Waals surface area contributed by atoms with Gasteiger partial charge < -0.3 is 19.9 Å². The summed E-state index contributed by atoms with van der Waals surface area (Å²) in [5.74, 6) is 1.14. The van der Waals surface area contributed by atoms with Gasteiger partial charge in [0.15, 0.2) is 0 Å². The van der Waals surface area contributed by atoms with Crippen LogP contribution in [0.5, 0.6) is 5.75 Å². The van der Waals surface area contributed by atoms with Crippen LogP contribution >= 0.6 is 11.6 Å². The molecule has 0 fully saturated rings. The minimum atomic E-state index is -0.494. The predicted octanol–water partition coefficient (Wildman–Crippen LogP) is 2.89. The van der Waals surface area contributed by atoms with E-state index in [1.54, 1.807) is 0 Å². The molecular weight excluding hydrogens is 326 g/mol. The SMILES string of the molecule is Cc1cc(OC[C@@H](O)C[NH2+]CCCOC(C)C)c(C(C)C)cc1Cl. The number of benzene rings is 1. The Kier molecular flexibility index (Phi) is 9.67. The molecular formula is C19H33ClNO3+. The van der Waals surface area contributed by atoms with Crippen LogP contribution in [-0.4, -0.2) is 43.6 Å². The summed E-state index contributed by atoms with van der Waals surface area (Å²) in [6.45, 7) is 12.9. The molecule has 0 amide bonds. The molecule has 0 bridgehead atoms. The Morgan fingerprint density at radius 1 is 1.21 bits per heavy atom. The third-order valence-electron chi connectivity index (χ3n) is 3.79. The third-order valence-corrected chi connectivity index (χ3v) is 4.19. The molecule has 0 spiro atoms. The van der Waals surface area contributed by atoms with Crippen molar-refractivity contribution >= 4 is 11.6 Å². The van der Waals surface area contributed by atoms with Crippen molar-refractivity contribution < 1.29 is 19.9 Å². The van der Waals surface area contributed by atoms with Crippen molar-refractivity contribution in [2.75, 3.05) is 26.3 Å². The molecule has 1 aromatic carbocycles. The lowest BCUT2D eigenvalue weighted by Crippen LogP contribution is -2.86. The molecule has 0 aliphatic rings. The van der Waals surface area contributed by atoms with Gasteiger partial charge in [0.1, 0.15) is 25.0 Å². The molecule has 0 radical (unpaired) electrons. The summed E-state index contributed by atoms with van der Waals surface area (Å²) in [7, 11) is 0. The van der Waals surface area contributed by atoms with Crippen LogP contribution in [0, 0.1) is 6.92 Å². The molecule has 0 aromatic heterocycles. The van der Waals surface area contributed by atoms with Crippen molar-refractivity contribution in [1.82, 2.24) is 0 Å². The van der Waals surface area contributed by atoms with Crippen LogP contribution in [0.15, 0.2) is 12.1 Å². The first-order valence-corrected chi connectivity index (χ1v) is 9.23. The smallest absolute Gasteiger partial charge is 0.137 e. The lowest BCUT2D eigenvalue weighted by Gasteiger charge is -2.17. The van der Waals surface area contributed by atoms with Crippen molar-refractivity contribution in [1.29, 1.82) is 0 Å². The summed E-state index contributed by atoms with van der Waals surface area (Å²) in [4.78, 5) is 0. The first-order chi connectivity index (χ1) is 11.3. The van der Waals surface area contributed by atoms with E-state index >= 15 is 0 Å². The minimum absolute atomic E-state index is 0.280. The minimum Gasteiger partial charge on any atom is -0.490 e. The topological polar surface area (TPSA) is 55.3 Å². The zero-order chi connectivity index (χ0) is 18.1. The number of ether oxygens (including phenoxy) is 2. The van der Waals surface area contributed by atoms with Crippen molar-refractivity contribution in [3.05, 3.63) is 28.3 Å². The van der Waals surface area contributed by atoms with Gasteiger partial charge in [-0.1, -0.05) is 25.4 Å². The van der Waals surface area contributed by atoms with Gasteiger partial charge in [-0.3, -0.25) is 0 Å². The van der Waals surface area contributed by atoms with Gasteiger partial charge in [-0.25, -0.2) is 0 Å². The lowest BCUT2D eigenvalue weighted by molar-refractivity contribution is -0.661. The Bertz CT molecular complexity index is 492. The summed E-state index contributed by atoms with van der Waals surface area (Å²) < 4.78 is 11.3. The molecule has 0 heterocycles. The molecule has 3 N–H and O–H groups in total. The number of aliphatic hydroxyl groups excluding tert-OH is 1. The Balaban J connectivity index is 2.36. The molecule has 1 aromatic rings. The van der Waals surface area contributed by atoms with Crippen LogP contribution in [0.1, 0.15) is 51.2 Å². The first kappa shape index (κ1) is 21.2. The quantitative estimate of drug-likeness (QED) is 0.598. The van der Waals surface area contributed by atoms with Crippen LogP contribution in [0.3, 0.4) is 0 Å². The number of nitrogens with two attached hydrogens (primary N) is 1. The molecule has 0 unspecified atom stereocenters. The second kappa shape index (κ2) is 10.9. The highest BCUT2D eigenvalue weighted by atomic mass is 35.5. The summed E-state index contributed by atoms with van der Waals surface area (Å²) in [6, 6.07) is 3.92. The zero-order valence-corrected chi connectivity index (χ0v) is 16.4. The van der Waals surface area contributed by atoms with Crippen LogP contribution in [0.25, 0.3) is 0 Å². The van der Waals surface area contributed by atoms with Crippen molar-refractivity contribution in [3.63, 3.8) is 0 Å². The fraction of sp³-hybridized carbons (Fsp3) is 0.684. The van der Waals surface area contributed by atoms with Gasteiger partial charge in [0.2, 0.25) is 0 Å². The van der Waals surface area contributed by atoms with Crippen LogP contribution < -0.4 is 10.1 Å². The Morgan fingerprint density at radius 2 is 1.92 bits per heavy atom. The number of hydrogen-bond acceptors (Lipinski definition) is 3. The normalized spacial score (nSPS) is 12.9. The summed E-state index contributed by atoms with van der Waals surface area (Å²) in [5, 5.41) is 13.0. The van der Waals surface area contributed by atoms with Gasteiger partial charge in [-0.05, 0) is 49.9 Å². The van der Waals surface area contributed by atoms with Gasteiger partial charge in [0.25, 0.3) is 0 Å². The van der Waals surface area contributed by atoms with E-state index in [1.807, 2.05) is 32.9 Å². The van der Waals surface area contributed by atoms with E-state index in [9.17, 15) is 5.11 Å². The summed E-state index contributed by atoms with van der Waals surface area (Å²) in [6.07, 6.45) is 0.772. The molecule has 1 atom stereocenters. The van der Waals surface area contributed by atoms with Crippen molar-refractivity contribution in [2.24, 2.45) is 0 Å². The number of aryl methyl sites for hydroxylation is 1. The van der Waals surface area contributed by atoms with E-state index in [1.165, 1.54) is 0 Å². The second-order valence-corrected chi connectivity index (χ2v) is 7.25. The summed E-state index contributed by atoms with van der Waals surface area (Å²) >= 11 is 6.20. The van der Waals surface area contributed by atoms with E-state index in [0.717, 1.165) is 41.5 Å². The maximum absolute atomic E-state index is 10.1. The molecule has 5 heteroatoms. The first-order valence-electron chi connectivity index (χ1n) is 8.85. The standard InChI is InChI=1S/C19H32ClNO3/c1-13(2)17-10-18(20)15(5)9-19(17)24-12-16(22)11-21-7-6-8-23-14(3)4/h9-10,13-14,16,21-22H,6-8,11-12H2,1-5H3/p+1/t16-/m0/s1. The van der Waals surface area contributed by atoms with E-state index < -0.39 is 6.10 Å². The zero-order valence-electron chi connectivity index (χ0n) is 15.6. The van der Waals surface area contributed by atoms with E-state index in [-0.39, 0.29) is 6.10 Å². The molecule has 0 saturated carbocycles. The van der Waals surface area contributed by atoms with Crippen LogP contribution in [0.4, 0.5) is 0 Å². The molecule has 0 aliphatic carbocycles. The molecule has 138 valence electrons. The molecule has 1 rings (SSSR count). The fourth-order valence-electron chi connectivity index (χ4n) is 2.36. The van der Waals surface area contributed by atoms with E-state index in [0.29, 0.717) is 19.1 Å². The Hall–Kier alpha value is -0.810.